The Hall–Kier alpha value is -2.42. The summed E-state index contributed by atoms with van der Waals surface area (Å²) in [6.07, 6.45) is 2.37. The van der Waals surface area contributed by atoms with Crippen LogP contribution in [0, 0.1) is 0 Å². The summed E-state index contributed by atoms with van der Waals surface area (Å²) in [6, 6.07) is 3.19. The van der Waals surface area contributed by atoms with Gasteiger partial charge in [0.1, 0.15) is 11.3 Å². The summed E-state index contributed by atoms with van der Waals surface area (Å²) in [5.74, 6) is -0.478. The van der Waals surface area contributed by atoms with Gasteiger partial charge < -0.3 is 14.5 Å². The minimum absolute atomic E-state index is 0.0693. The molecule has 0 aliphatic rings. The molecule has 0 aliphatic heterocycles. The van der Waals surface area contributed by atoms with E-state index in [9.17, 15) is 13.2 Å². The highest BCUT2D eigenvalue weighted by molar-refractivity contribution is 7.90. The van der Waals surface area contributed by atoms with Gasteiger partial charge in [-0.3, -0.25) is 0 Å². The maximum atomic E-state index is 12.3. The van der Waals surface area contributed by atoms with Gasteiger partial charge in [0.25, 0.3) is 0 Å². The molecule has 0 fully saturated rings. The lowest BCUT2D eigenvalue weighted by Gasteiger charge is -2.12. The van der Waals surface area contributed by atoms with Gasteiger partial charge >= 0.3 is 5.97 Å². The van der Waals surface area contributed by atoms with Crippen molar-refractivity contribution < 1.29 is 22.4 Å². The van der Waals surface area contributed by atoms with E-state index in [1.54, 1.807) is 19.1 Å². The fourth-order valence-corrected chi connectivity index (χ4v) is 2.73. The van der Waals surface area contributed by atoms with Crippen molar-refractivity contribution >= 4 is 21.8 Å². The fourth-order valence-electron chi connectivity index (χ4n) is 1.92. The van der Waals surface area contributed by atoms with Gasteiger partial charge in [0, 0.05) is 12.8 Å². The molecular weight excluding hydrogens is 322 g/mol. The van der Waals surface area contributed by atoms with Crippen molar-refractivity contribution in [3.05, 3.63) is 24.0 Å². The summed E-state index contributed by atoms with van der Waals surface area (Å²) in [4.78, 5) is 20.4. The second kappa shape index (κ2) is 6.78. The third kappa shape index (κ3) is 3.67. The first-order valence-electron chi connectivity index (χ1n) is 6.95. The molecule has 2 heterocycles. The standard InChI is InChI=1S/C14H17N3O5S/c1-4-15-14-16-11(9-7-6-8-22-9)10(13(18)21-5-2)12(17-14)23(3,19)20/h6-8H,4-5H2,1-3H3,(H,15,16,17). The Morgan fingerprint density at radius 3 is 2.61 bits per heavy atom. The van der Waals surface area contributed by atoms with Gasteiger partial charge in [-0.1, -0.05) is 0 Å². The third-order valence-electron chi connectivity index (χ3n) is 2.80. The summed E-state index contributed by atoms with van der Waals surface area (Å²) in [5.41, 5.74) is -0.161. The maximum absolute atomic E-state index is 12.3. The van der Waals surface area contributed by atoms with Gasteiger partial charge in [-0.2, -0.15) is 0 Å². The molecule has 2 aromatic heterocycles. The molecule has 2 rings (SSSR count). The summed E-state index contributed by atoms with van der Waals surface area (Å²) >= 11 is 0. The molecule has 0 aromatic carbocycles. The van der Waals surface area contributed by atoms with Crippen LogP contribution in [0.15, 0.2) is 27.8 Å². The van der Waals surface area contributed by atoms with Crippen LogP contribution in [0.2, 0.25) is 0 Å². The van der Waals surface area contributed by atoms with E-state index in [1.165, 1.54) is 6.26 Å². The Bertz CT molecular complexity index is 800. The van der Waals surface area contributed by atoms with E-state index >= 15 is 0 Å². The van der Waals surface area contributed by atoms with Crippen molar-refractivity contribution in [1.29, 1.82) is 0 Å². The highest BCUT2D eigenvalue weighted by Gasteiger charge is 2.29. The molecule has 1 N–H and O–H groups in total. The van der Waals surface area contributed by atoms with Crippen molar-refractivity contribution in [3.63, 3.8) is 0 Å². The fraction of sp³-hybridized carbons (Fsp3) is 0.357. The number of furan rings is 1. The number of sulfone groups is 1. The number of carbonyl (C=O) groups is 1. The van der Waals surface area contributed by atoms with E-state index < -0.39 is 20.8 Å². The molecule has 2 aromatic rings. The quantitative estimate of drug-likeness (QED) is 0.626. The lowest BCUT2D eigenvalue weighted by Crippen LogP contribution is -2.18. The number of aromatic nitrogens is 2. The van der Waals surface area contributed by atoms with Crippen LogP contribution in [-0.4, -0.2) is 43.8 Å². The van der Waals surface area contributed by atoms with Crippen LogP contribution >= 0.6 is 0 Å². The van der Waals surface area contributed by atoms with E-state index in [2.05, 4.69) is 15.3 Å². The zero-order valence-electron chi connectivity index (χ0n) is 13.0. The normalized spacial score (nSPS) is 11.3. The Kier molecular flexibility index (Phi) is 4.99. The molecule has 0 spiro atoms. The molecule has 0 aliphatic carbocycles. The van der Waals surface area contributed by atoms with Crippen LogP contribution in [0.25, 0.3) is 11.5 Å². The molecule has 0 radical (unpaired) electrons. The van der Waals surface area contributed by atoms with Crippen LogP contribution in [0.4, 0.5) is 5.95 Å². The average Bonchev–Trinajstić information content (AvgIpc) is 3.00. The SMILES string of the molecule is CCNc1nc(-c2ccco2)c(C(=O)OCC)c(S(C)(=O)=O)n1. The first-order valence-corrected chi connectivity index (χ1v) is 8.84. The molecule has 0 saturated heterocycles. The predicted molar refractivity (Wildman–Crippen MR) is 83.0 cm³/mol. The van der Waals surface area contributed by atoms with Crippen LogP contribution in [0.5, 0.6) is 0 Å². The monoisotopic (exact) mass is 339 g/mol. The molecule has 0 unspecified atom stereocenters. The van der Waals surface area contributed by atoms with Crippen molar-refractivity contribution in [2.24, 2.45) is 0 Å². The first-order chi connectivity index (χ1) is 10.9. The molecule has 0 saturated carbocycles. The van der Waals surface area contributed by atoms with Gasteiger partial charge in [-0.25, -0.2) is 23.2 Å². The van der Waals surface area contributed by atoms with Crippen molar-refractivity contribution in [2.45, 2.75) is 18.9 Å². The number of nitrogens with one attached hydrogen (secondary N) is 1. The Morgan fingerprint density at radius 2 is 2.09 bits per heavy atom. The van der Waals surface area contributed by atoms with E-state index in [-0.39, 0.29) is 29.6 Å². The van der Waals surface area contributed by atoms with Gasteiger partial charge in [-0.15, -0.1) is 0 Å². The molecule has 0 bridgehead atoms. The molecule has 0 amide bonds. The van der Waals surface area contributed by atoms with Gasteiger partial charge in [0.15, 0.2) is 20.6 Å². The smallest absolute Gasteiger partial charge is 0.343 e. The number of ether oxygens (including phenoxy) is 1. The Labute approximate surface area is 133 Å². The molecule has 0 atom stereocenters. The number of anilines is 1. The Morgan fingerprint density at radius 1 is 1.35 bits per heavy atom. The zero-order chi connectivity index (χ0) is 17.0. The summed E-state index contributed by atoms with van der Waals surface area (Å²) in [6.45, 7) is 4.02. The van der Waals surface area contributed by atoms with Gasteiger partial charge in [-0.05, 0) is 26.0 Å². The van der Waals surface area contributed by atoms with Gasteiger partial charge in [0.2, 0.25) is 5.95 Å². The molecular formula is C14H17N3O5S. The average molecular weight is 339 g/mol. The topological polar surface area (TPSA) is 111 Å². The van der Waals surface area contributed by atoms with Crippen LogP contribution in [0.3, 0.4) is 0 Å². The first kappa shape index (κ1) is 16.9. The van der Waals surface area contributed by atoms with Crippen LogP contribution < -0.4 is 5.32 Å². The maximum Gasteiger partial charge on any atom is 0.343 e. The molecule has 124 valence electrons. The third-order valence-corrected chi connectivity index (χ3v) is 3.79. The molecule has 9 heteroatoms. The minimum atomic E-state index is -3.78. The highest BCUT2D eigenvalue weighted by Crippen LogP contribution is 2.28. The van der Waals surface area contributed by atoms with Gasteiger partial charge in [0.05, 0.1) is 12.9 Å². The largest absolute Gasteiger partial charge is 0.463 e. The lowest BCUT2D eigenvalue weighted by molar-refractivity contribution is 0.0521. The van der Waals surface area contributed by atoms with Crippen LogP contribution in [0.1, 0.15) is 24.2 Å². The van der Waals surface area contributed by atoms with E-state index in [0.717, 1.165) is 6.26 Å². The Balaban J connectivity index is 2.80. The van der Waals surface area contributed by atoms with Crippen LogP contribution in [-0.2, 0) is 14.6 Å². The van der Waals surface area contributed by atoms with Crippen molar-refractivity contribution in [2.75, 3.05) is 24.7 Å². The summed E-state index contributed by atoms with van der Waals surface area (Å²) in [7, 11) is -3.78. The summed E-state index contributed by atoms with van der Waals surface area (Å²) < 4.78 is 34.4. The van der Waals surface area contributed by atoms with E-state index in [1.807, 2.05) is 6.92 Å². The molecule has 23 heavy (non-hydrogen) atoms. The van der Waals surface area contributed by atoms with Crippen molar-refractivity contribution in [1.82, 2.24) is 9.97 Å². The van der Waals surface area contributed by atoms with Crippen molar-refractivity contribution in [3.8, 4) is 11.5 Å². The second-order valence-corrected chi connectivity index (χ2v) is 6.51. The molecule has 8 nitrogen and oxygen atoms in total. The summed E-state index contributed by atoms with van der Waals surface area (Å²) in [5, 5.41) is 2.44. The van der Waals surface area contributed by atoms with E-state index in [4.69, 9.17) is 9.15 Å². The number of hydrogen-bond acceptors (Lipinski definition) is 8. The minimum Gasteiger partial charge on any atom is -0.463 e. The number of carbonyl (C=O) groups excluding carboxylic acids is 1. The zero-order valence-corrected chi connectivity index (χ0v) is 13.8. The lowest BCUT2D eigenvalue weighted by atomic mass is 10.2. The number of nitrogens with zero attached hydrogens (tertiary/aromatic N) is 2. The van der Waals surface area contributed by atoms with E-state index in [0.29, 0.717) is 6.54 Å². The second-order valence-electron chi connectivity index (χ2n) is 4.58. The number of hydrogen-bond donors (Lipinski definition) is 1. The predicted octanol–water partition coefficient (Wildman–Crippen LogP) is 1.75. The highest BCUT2D eigenvalue weighted by atomic mass is 32.2. The number of esters is 1. The number of rotatable bonds is 6.